The first-order valence-electron chi connectivity index (χ1n) is 9.51. The average molecular weight is 399 g/mol. The predicted octanol–water partition coefficient (Wildman–Crippen LogP) is 3.27. The third kappa shape index (κ3) is 5.36. The van der Waals surface area contributed by atoms with E-state index in [4.69, 9.17) is 4.74 Å². The van der Waals surface area contributed by atoms with Gasteiger partial charge in [-0.1, -0.05) is 42.5 Å². The summed E-state index contributed by atoms with van der Waals surface area (Å²) in [7, 11) is 1.65. The van der Waals surface area contributed by atoms with Gasteiger partial charge in [-0.2, -0.15) is 0 Å². The van der Waals surface area contributed by atoms with Gasteiger partial charge in [-0.25, -0.2) is 0 Å². The Hall–Kier alpha value is -2.31. The van der Waals surface area contributed by atoms with E-state index in [1.807, 2.05) is 47.4 Å². The Balaban J connectivity index is 1.60. The number of rotatable bonds is 9. The van der Waals surface area contributed by atoms with Crippen LogP contribution in [0.25, 0.3) is 0 Å². The van der Waals surface area contributed by atoms with Crippen LogP contribution >= 0.6 is 11.8 Å². The van der Waals surface area contributed by atoms with Gasteiger partial charge in [-0.3, -0.25) is 9.59 Å². The molecule has 0 aliphatic carbocycles. The van der Waals surface area contributed by atoms with Gasteiger partial charge in [0.05, 0.1) is 5.75 Å². The number of methoxy groups -OCH3 is 1. The van der Waals surface area contributed by atoms with Gasteiger partial charge in [-0.15, -0.1) is 11.8 Å². The minimum absolute atomic E-state index is 0.00928. The number of ether oxygens (including phenoxy) is 1. The van der Waals surface area contributed by atoms with Crippen molar-refractivity contribution in [2.24, 2.45) is 0 Å². The highest BCUT2D eigenvalue weighted by Gasteiger charge is 2.32. The molecule has 0 saturated carbocycles. The van der Waals surface area contributed by atoms with Crippen molar-refractivity contribution >= 4 is 23.6 Å². The smallest absolute Gasteiger partial charge is 0.251 e. The average Bonchev–Trinajstić information content (AvgIpc) is 3.11. The van der Waals surface area contributed by atoms with E-state index in [1.165, 1.54) is 5.56 Å². The summed E-state index contributed by atoms with van der Waals surface area (Å²) in [6.07, 6.45) is 1.63. The first kappa shape index (κ1) is 20.4. The summed E-state index contributed by atoms with van der Waals surface area (Å²) in [5.74, 6) is 0.589. The van der Waals surface area contributed by atoms with Crippen molar-refractivity contribution in [2.45, 2.75) is 18.2 Å². The van der Waals surface area contributed by atoms with Crippen molar-refractivity contribution in [1.29, 1.82) is 0 Å². The van der Waals surface area contributed by atoms with Crippen molar-refractivity contribution in [3.63, 3.8) is 0 Å². The number of hydrogen-bond donors (Lipinski definition) is 1. The molecule has 1 fully saturated rings. The van der Waals surface area contributed by atoms with E-state index >= 15 is 0 Å². The molecule has 3 rings (SSSR count). The van der Waals surface area contributed by atoms with Gasteiger partial charge in [0, 0.05) is 32.4 Å². The Kier molecular flexibility index (Phi) is 7.51. The molecule has 148 valence electrons. The highest BCUT2D eigenvalue weighted by atomic mass is 32.2. The summed E-state index contributed by atoms with van der Waals surface area (Å²) >= 11 is 1.64. The summed E-state index contributed by atoms with van der Waals surface area (Å²) in [6.45, 7) is 1.92. The summed E-state index contributed by atoms with van der Waals surface area (Å²) < 4.78 is 4.98. The SMILES string of the molecule is COCCCNC(=O)c1ccc(C2SCC(=O)N2CCc2ccccc2)cc1. The van der Waals surface area contributed by atoms with Crippen LogP contribution in [-0.2, 0) is 16.0 Å². The predicted molar refractivity (Wildman–Crippen MR) is 112 cm³/mol. The molecule has 2 amide bonds. The topological polar surface area (TPSA) is 58.6 Å². The van der Waals surface area contributed by atoms with Crippen LogP contribution in [0.2, 0.25) is 0 Å². The van der Waals surface area contributed by atoms with Crippen LogP contribution in [0.5, 0.6) is 0 Å². The number of benzene rings is 2. The molecule has 1 heterocycles. The molecule has 1 atom stereocenters. The molecular weight excluding hydrogens is 372 g/mol. The zero-order chi connectivity index (χ0) is 19.8. The lowest BCUT2D eigenvalue weighted by Gasteiger charge is -2.24. The molecule has 0 radical (unpaired) electrons. The molecule has 6 heteroatoms. The maximum Gasteiger partial charge on any atom is 0.251 e. The Bertz CT molecular complexity index is 780. The molecule has 5 nitrogen and oxygen atoms in total. The van der Waals surface area contributed by atoms with Gasteiger partial charge in [0.2, 0.25) is 5.91 Å². The Labute approximate surface area is 170 Å². The van der Waals surface area contributed by atoms with Gasteiger partial charge in [0.15, 0.2) is 0 Å². The van der Waals surface area contributed by atoms with E-state index in [1.54, 1.807) is 18.9 Å². The van der Waals surface area contributed by atoms with Crippen molar-refractivity contribution in [3.8, 4) is 0 Å². The normalized spacial score (nSPS) is 16.4. The number of amides is 2. The van der Waals surface area contributed by atoms with Gasteiger partial charge >= 0.3 is 0 Å². The number of carbonyl (C=O) groups excluding carboxylic acids is 2. The summed E-state index contributed by atoms with van der Waals surface area (Å²) in [5, 5.41) is 2.90. The molecular formula is C22H26N2O3S. The molecule has 28 heavy (non-hydrogen) atoms. The van der Waals surface area contributed by atoms with Gasteiger partial charge in [-0.05, 0) is 36.1 Å². The summed E-state index contributed by atoms with van der Waals surface area (Å²) in [5.41, 5.74) is 2.91. The summed E-state index contributed by atoms with van der Waals surface area (Å²) in [6, 6.07) is 17.8. The Morgan fingerprint density at radius 1 is 1.18 bits per heavy atom. The number of hydrogen-bond acceptors (Lipinski definition) is 4. The van der Waals surface area contributed by atoms with E-state index in [2.05, 4.69) is 17.4 Å². The summed E-state index contributed by atoms with van der Waals surface area (Å²) in [4.78, 5) is 26.5. The lowest BCUT2D eigenvalue weighted by atomic mass is 10.1. The maximum atomic E-state index is 12.4. The van der Waals surface area contributed by atoms with E-state index in [0.717, 1.165) is 18.4 Å². The van der Waals surface area contributed by atoms with Crippen LogP contribution in [0, 0.1) is 0 Å². The number of carbonyl (C=O) groups is 2. The van der Waals surface area contributed by atoms with Gasteiger partial charge < -0.3 is 15.0 Å². The van der Waals surface area contributed by atoms with Crippen LogP contribution in [0.3, 0.4) is 0 Å². The fraction of sp³-hybridized carbons (Fsp3) is 0.364. The van der Waals surface area contributed by atoms with Crippen LogP contribution in [0.1, 0.15) is 33.3 Å². The zero-order valence-electron chi connectivity index (χ0n) is 16.1. The fourth-order valence-corrected chi connectivity index (χ4v) is 4.40. The monoisotopic (exact) mass is 398 g/mol. The van der Waals surface area contributed by atoms with E-state index < -0.39 is 0 Å². The van der Waals surface area contributed by atoms with Crippen molar-refractivity contribution in [2.75, 3.05) is 32.6 Å². The second kappa shape index (κ2) is 10.3. The van der Waals surface area contributed by atoms with E-state index in [0.29, 0.717) is 31.0 Å². The standard InChI is InChI=1S/C22H26N2O3S/c1-27-15-5-13-23-21(26)18-8-10-19(11-9-18)22-24(20(25)16-28-22)14-12-17-6-3-2-4-7-17/h2-4,6-11,22H,5,12-16H2,1H3,(H,23,26). The molecule has 1 saturated heterocycles. The molecule has 1 aliphatic heterocycles. The molecule has 1 N–H and O–H groups in total. The van der Waals surface area contributed by atoms with E-state index in [-0.39, 0.29) is 17.2 Å². The van der Waals surface area contributed by atoms with Gasteiger partial charge in [0.25, 0.3) is 5.91 Å². The zero-order valence-corrected chi connectivity index (χ0v) is 16.9. The number of nitrogens with zero attached hydrogens (tertiary/aromatic N) is 1. The van der Waals surface area contributed by atoms with Crippen LogP contribution in [0.15, 0.2) is 54.6 Å². The van der Waals surface area contributed by atoms with Crippen molar-refractivity contribution < 1.29 is 14.3 Å². The molecule has 0 spiro atoms. The van der Waals surface area contributed by atoms with Crippen LogP contribution in [-0.4, -0.2) is 49.3 Å². The maximum absolute atomic E-state index is 12.4. The number of nitrogens with one attached hydrogen (secondary N) is 1. The molecule has 0 bridgehead atoms. The van der Waals surface area contributed by atoms with Crippen LogP contribution in [0.4, 0.5) is 0 Å². The molecule has 0 aromatic heterocycles. The first-order chi connectivity index (χ1) is 13.7. The van der Waals surface area contributed by atoms with Crippen LogP contribution < -0.4 is 5.32 Å². The van der Waals surface area contributed by atoms with Gasteiger partial charge in [0.1, 0.15) is 5.37 Å². The number of thioether (sulfide) groups is 1. The second-order valence-electron chi connectivity index (χ2n) is 6.71. The quantitative estimate of drug-likeness (QED) is 0.659. The molecule has 1 aliphatic rings. The first-order valence-corrected chi connectivity index (χ1v) is 10.6. The largest absolute Gasteiger partial charge is 0.385 e. The molecule has 2 aromatic carbocycles. The van der Waals surface area contributed by atoms with Crippen molar-refractivity contribution in [1.82, 2.24) is 10.2 Å². The minimum atomic E-state index is -0.0845. The second-order valence-corrected chi connectivity index (χ2v) is 7.78. The minimum Gasteiger partial charge on any atom is -0.385 e. The third-order valence-electron chi connectivity index (χ3n) is 4.72. The molecule has 1 unspecified atom stereocenters. The lowest BCUT2D eigenvalue weighted by molar-refractivity contribution is -0.128. The van der Waals surface area contributed by atoms with Crippen molar-refractivity contribution in [3.05, 3.63) is 71.3 Å². The Morgan fingerprint density at radius 3 is 2.64 bits per heavy atom. The molecule has 2 aromatic rings. The lowest BCUT2D eigenvalue weighted by Crippen LogP contribution is -2.30. The highest BCUT2D eigenvalue weighted by molar-refractivity contribution is 8.00. The fourth-order valence-electron chi connectivity index (χ4n) is 3.19. The highest BCUT2D eigenvalue weighted by Crippen LogP contribution is 2.38. The van der Waals surface area contributed by atoms with E-state index in [9.17, 15) is 9.59 Å². The third-order valence-corrected chi connectivity index (χ3v) is 5.98. The Morgan fingerprint density at radius 2 is 1.93 bits per heavy atom.